The molecular weight excluding hydrogens is 488 g/mol. The van der Waals surface area contributed by atoms with Gasteiger partial charge in [0.05, 0.1) is 11.9 Å². The first kappa shape index (κ1) is 24.3. The molecule has 0 aliphatic heterocycles. The third-order valence-corrected chi connectivity index (χ3v) is 7.89. The van der Waals surface area contributed by atoms with Crippen LogP contribution < -0.4 is 5.32 Å². The van der Waals surface area contributed by atoms with E-state index in [1.807, 2.05) is 23.6 Å². The maximum atomic E-state index is 13.1. The standard InChI is InChI=1S/C32H30N4OS/c37-31(20-28-10-5-17-38-28)36(27-12-13-27)21-24-8-4-9-25(18-24)26-11-14-30-29(19-26)32(35-22-34-30)33-16-15-23-6-2-1-3-7-23/h1-11,14,17-19,22,27H,12-13,15-16,20-21H2,(H,33,34,35). The highest BCUT2D eigenvalue weighted by atomic mass is 32.1. The van der Waals surface area contributed by atoms with E-state index in [1.54, 1.807) is 17.7 Å². The molecule has 2 heterocycles. The van der Waals surface area contributed by atoms with Crippen molar-refractivity contribution in [2.75, 3.05) is 11.9 Å². The first-order chi connectivity index (χ1) is 18.7. The molecule has 1 saturated carbocycles. The molecule has 1 N–H and O–H groups in total. The van der Waals surface area contributed by atoms with Gasteiger partial charge >= 0.3 is 0 Å². The first-order valence-corrected chi connectivity index (χ1v) is 14.0. The van der Waals surface area contributed by atoms with E-state index in [2.05, 4.69) is 86.9 Å². The minimum atomic E-state index is 0.217. The number of carbonyl (C=O) groups is 1. The SMILES string of the molecule is O=C(Cc1cccs1)N(Cc1cccc(-c2ccc3ncnc(NCCc4ccccc4)c3c2)c1)C1CC1. The summed E-state index contributed by atoms with van der Waals surface area (Å²) in [6.07, 6.45) is 5.23. The summed E-state index contributed by atoms with van der Waals surface area (Å²) < 4.78 is 0. The second-order valence-corrected chi connectivity index (χ2v) is 10.9. The molecule has 6 heteroatoms. The lowest BCUT2D eigenvalue weighted by Crippen LogP contribution is -2.33. The van der Waals surface area contributed by atoms with Crippen LogP contribution >= 0.6 is 11.3 Å². The van der Waals surface area contributed by atoms with Crippen LogP contribution in [0.4, 0.5) is 5.82 Å². The van der Waals surface area contributed by atoms with Crippen molar-refractivity contribution in [1.82, 2.24) is 14.9 Å². The van der Waals surface area contributed by atoms with Gasteiger partial charge in [-0.05, 0) is 71.2 Å². The fourth-order valence-electron chi connectivity index (χ4n) is 4.86. The van der Waals surface area contributed by atoms with Gasteiger partial charge in [0.2, 0.25) is 5.91 Å². The van der Waals surface area contributed by atoms with Crippen molar-refractivity contribution >= 4 is 34.0 Å². The Bertz CT molecular complexity index is 1530. The Labute approximate surface area is 227 Å². The van der Waals surface area contributed by atoms with Crippen LogP contribution in [-0.2, 0) is 24.2 Å². The van der Waals surface area contributed by atoms with Crippen LogP contribution in [0.1, 0.15) is 28.8 Å². The molecule has 1 aliphatic carbocycles. The summed E-state index contributed by atoms with van der Waals surface area (Å²) in [5.41, 5.74) is 5.61. The quantitative estimate of drug-likeness (QED) is 0.222. The van der Waals surface area contributed by atoms with Crippen molar-refractivity contribution in [2.45, 2.75) is 38.3 Å². The second-order valence-electron chi connectivity index (χ2n) is 9.83. The Balaban J connectivity index is 1.20. The maximum absolute atomic E-state index is 13.1. The molecule has 0 atom stereocenters. The second kappa shape index (κ2) is 11.2. The summed E-state index contributed by atoms with van der Waals surface area (Å²) >= 11 is 1.65. The van der Waals surface area contributed by atoms with Crippen molar-refractivity contribution in [3.8, 4) is 11.1 Å². The molecule has 1 amide bonds. The molecular formula is C32H30N4OS. The molecule has 190 valence electrons. The minimum absolute atomic E-state index is 0.217. The van der Waals surface area contributed by atoms with Crippen molar-refractivity contribution in [3.63, 3.8) is 0 Å². The summed E-state index contributed by atoms with van der Waals surface area (Å²) in [5.74, 6) is 1.07. The van der Waals surface area contributed by atoms with E-state index in [9.17, 15) is 4.79 Å². The molecule has 5 nitrogen and oxygen atoms in total. The van der Waals surface area contributed by atoms with Gasteiger partial charge in [-0.2, -0.15) is 0 Å². The number of carbonyl (C=O) groups excluding carboxylic acids is 1. The highest BCUT2D eigenvalue weighted by molar-refractivity contribution is 7.10. The first-order valence-electron chi connectivity index (χ1n) is 13.2. The third-order valence-electron chi connectivity index (χ3n) is 7.01. The Hall–Kier alpha value is -4.03. The number of benzene rings is 3. The molecule has 1 aliphatic rings. The molecule has 38 heavy (non-hydrogen) atoms. The van der Waals surface area contributed by atoms with Gasteiger partial charge in [0.1, 0.15) is 12.1 Å². The summed E-state index contributed by atoms with van der Waals surface area (Å²) in [6.45, 7) is 1.44. The third kappa shape index (κ3) is 5.76. The molecule has 0 unspecified atom stereocenters. The van der Waals surface area contributed by atoms with E-state index >= 15 is 0 Å². The smallest absolute Gasteiger partial charge is 0.228 e. The number of amides is 1. The zero-order valence-electron chi connectivity index (χ0n) is 21.2. The van der Waals surface area contributed by atoms with Crippen LogP contribution in [0.3, 0.4) is 0 Å². The van der Waals surface area contributed by atoms with E-state index in [0.29, 0.717) is 19.0 Å². The Kier molecular flexibility index (Phi) is 7.14. The van der Waals surface area contributed by atoms with Gasteiger partial charge < -0.3 is 10.2 Å². The zero-order valence-corrected chi connectivity index (χ0v) is 22.0. The molecule has 2 aromatic heterocycles. The number of thiophene rings is 1. The summed E-state index contributed by atoms with van der Waals surface area (Å²) in [6, 6.07) is 29.8. The topological polar surface area (TPSA) is 58.1 Å². The van der Waals surface area contributed by atoms with Crippen molar-refractivity contribution in [2.24, 2.45) is 0 Å². The van der Waals surface area contributed by atoms with Crippen LogP contribution in [0.2, 0.25) is 0 Å². The Morgan fingerprint density at radius 3 is 2.55 bits per heavy atom. The maximum Gasteiger partial charge on any atom is 0.228 e. The van der Waals surface area contributed by atoms with E-state index < -0.39 is 0 Å². The number of nitrogens with zero attached hydrogens (tertiary/aromatic N) is 3. The largest absolute Gasteiger partial charge is 0.369 e. The van der Waals surface area contributed by atoms with E-state index in [1.165, 1.54) is 5.56 Å². The fraction of sp³-hybridized carbons (Fsp3) is 0.219. The lowest BCUT2D eigenvalue weighted by atomic mass is 10.0. The van der Waals surface area contributed by atoms with Gasteiger partial charge in [-0.15, -0.1) is 11.3 Å². The number of aromatic nitrogens is 2. The number of nitrogens with one attached hydrogen (secondary N) is 1. The van der Waals surface area contributed by atoms with Crippen LogP contribution in [-0.4, -0.2) is 33.4 Å². The fourth-order valence-corrected chi connectivity index (χ4v) is 5.56. The minimum Gasteiger partial charge on any atom is -0.369 e. The molecule has 0 spiro atoms. The van der Waals surface area contributed by atoms with Gasteiger partial charge in [0.25, 0.3) is 0 Å². The summed E-state index contributed by atoms with van der Waals surface area (Å²) in [5, 5.41) is 6.55. The monoisotopic (exact) mass is 518 g/mol. The average Bonchev–Trinajstić information content (AvgIpc) is 3.67. The van der Waals surface area contributed by atoms with Crippen LogP contribution in [0.15, 0.2) is 96.6 Å². The van der Waals surface area contributed by atoms with Crippen molar-refractivity contribution in [1.29, 1.82) is 0 Å². The van der Waals surface area contributed by atoms with Gasteiger partial charge in [0.15, 0.2) is 0 Å². The highest BCUT2D eigenvalue weighted by Crippen LogP contribution is 2.31. The van der Waals surface area contributed by atoms with Crippen LogP contribution in [0, 0.1) is 0 Å². The molecule has 0 radical (unpaired) electrons. The number of hydrogen-bond acceptors (Lipinski definition) is 5. The number of fused-ring (bicyclic) bond motifs is 1. The summed E-state index contributed by atoms with van der Waals surface area (Å²) in [7, 11) is 0. The van der Waals surface area contributed by atoms with Crippen LogP contribution in [0.5, 0.6) is 0 Å². The molecule has 5 aromatic rings. The van der Waals surface area contributed by atoms with Gasteiger partial charge in [-0.3, -0.25) is 4.79 Å². The van der Waals surface area contributed by atoms with Crippen LogP contribution in [0.25, 0.3) is 22.0 Å². The average molecular weight is 519 g/mol. The zero-order chi connectivity index (χ0) is 25.7. The Morgan fingerprint density at radius 1 is 0.895 bits per heavy atom. The number of anilines is 1. The van der Waals surface area contributed by atoms with Crippen molar-refractivity contribution in [3.05, 3.63) is 113 Å². The predicted molar refractivity (Wildman–Crippen MR) is 155 cm³/mol. The molecule has 0 bridgehead atoms. The van der Waals surface area contributed by atoms with E-state index in [0.717, 1.165) is 64.1 Å². The van der Waals surface area contributed by atoms with Gasteiger partial charge in [-0.25, -0.2) is 9.97 Å². The Morgan fingerprint density at radius 2 is 1.74 bits per heavy atom. The number of rotatable bonds is 10. The molecule has 0 saturated heterocycles. The number of hydrogen-bond donors (Lipinski definition) is 1. The molecule has 1 fully saturated rings. The summed E-state index contributed by atoms with van der Waals surface area (Å²) in [4.78, 5) is 25.3. The van der Waals surface area contributed by atoms with E-state index in [-0.39, 0.29) is 5.91 Å². The lowest BCUT2D eigenvalue weighted by Gasteiger charge is -2.23. The predicted octanol–water partition coefficient (Wildman–Crippen LogP) is 6.75. The molecule has 6 rings (SSSR count). The van der Waals surface area contributed by atoms with Gasteiger partial charge in [0, 0.05) is 29.4 Å². The van der Waals surface area contributed by atoms with Gasteiger partial charge in [-0.1, -0.05) is 60.7 Å². The molecule has 3 aromatic carbocycles. The normalized spacial score (nSPS) is 12.9. The lowest BCUT2D eigenvalue weighted by molar-refractivity contribution is -0.131. The highest BCUT2D eigenvalue weighted by Gasteiger charge is 2.32. The van der Waals surface area contributed by atoms with E-state index in [4.69, 9.17) is 0 Å². The van der Waals surface area contributed by atoms with Crippen molar-refractivity contribution < 1.29 is 4.79 Å².